The molecule has 1 aliphatic heterocycles. The molecule has 23 heavy (non-hydrogen) atoms. The second-order valence-electron chi connectivity index (χ2n) is 6.12. The number of rotatable bonds is 7. The number of nitrogens with one attached hydrogen (secondary N) is 1. The zero-order valence-electron chi connectivity index (χ0n) is 14.0. The van der Waals surface area contributed by atoms with Gasteiger partial charge in [0.05, 0.1) is 6.54 Å². The smallest absolute Gasteiger partial charge is 0.318 e. The molecule has 1 aromatic carbocycles. The minimum absolute atomic E-state index is 0.561. The van der Waals surface area contributed by atoms with Crippen LogP contribution in [0.3, 0.4) is 0 Å². The summed E-state index contributed by atoms with van der Waals surface area (Å²) in [5.41, 5.74) is 2.70. The van der Waals surface area contributed by atoms with E-state index in [9.17, 15) is 0 Å². The van der Waals surface area contributed by atoms with Gasteiger partial charge in [0.2, 0.25) is 5.89 Å². The highest BCUT2D eigenvalue weighted by Crippen LogP contribution is 2.19. The molecular weight excluding hydrogens is 290 g/mol. The van der Waals surface area contributed by atoms with Crippen molar-refractivity contribution >= 4 is 6.01 Å². The Morgan fingerprint density at radius 3 is 2.65 bits per heavy atom. The molecule has 6 heteroatoms. The number of nitrogens with zero attached hydrogens (tertiary/aromatic N) is 4. The Hall–Kier alpha value is -1.92. The van der Waals surface area contributed by atoms with Crippen LogP contribution in [0.25, 0.3) is 0 Å². The number of likely N-dealkylation sites (tertiary alicyclic amines) is 1. The van der Waals surface area contributed by atoms with E-state index in [-0.39, 0.29) is 0 Å². The Bertz CT molecular complexity index is 621. The van der Waals surface area contributed by atoms with Gasteiger partial charge in [0, 0.05) is 20.1 Å². The monoisotopic (exact) mass is 315 g/mol. The topological polar surface area (TPSA) is 57.4 Å². The third-order valence-corrected chi connectivity index (χ3v) is 4.23. The van der Waals surface area contributed by atoms with E-state index in [4.69, 9.17) is 4.42 Å². The van der Waals surface area contributed by atoms with Gasteiger partial charge in [0.1, 0.15) is 0 Å². The lowest BCUT2D eigenvalue weighted by Gasteiger charge is -2.20. The zero-order chi connectivity index (χ0) is 16.1. The number of benzene rings is 1. The fraction of sp³-hybridized carbons (Fsp3) is 0.529. The molecule has 0 radical (unpaired) electrons. The third kappa shape index (κ3) is 4.09. The summed E-state index contributed by atoms with van der Waals surface area (Å²) >= 11 is 0. The molecule has 1 fully saturated rings. The molecule has 2 aromatic rings. The first-order valence-corrected chi connectivity index (χ1v) is 8.23. The zero-order valence-corrected chi connectivity index (χ0v) is 14.0. The molecule has 1 N–H and O–H groups in total. The lowest BCUT2D eigenvalue weighted by molar-refractivity contribution is 0.330. The molecule has 0 unspecified atom stereocenters. The summed E-state index contributed by atoms with van der Waals surface area (Å²) in [5.74, 6) is 0.611. The largest absolute Gasteiger partial charge is 0.407 e. The summed E-state index contributed by atoms with van der Waals surface area (Å²) in [6, 6.07) is 9.18. The van der Waals surface area contributed by atoms with Gasteiger partial charge in [0.25, 0.3) is 0 Å². The average Bonchev–Trinajstić information content (AvgIpc) is 3.21. The van der Waals surface area contributed by atoms with E-state index in [0.29, 0.717) is 18.5 Å². The van der Waals surface area contributed by atoms with Crippen molar-refractivity contribution in [3.05, 3.63) is 41.3 Å². The van der Waals surface area contributed by atoms with Crippen LogP contribution in [0.15, 0.2) is 28.7 Å². The molecule has 0 amide bonds. The molecule has 0 aliphatic carbocycles. The predicted molar refractivity (Wildman–Crippen MR) is 90.1 cm³/mol. The van der Waals surface area contributed by atoms with Crippen LogP contribution in [-0.2, 0) is 19.6 Å². The van der Waals surface area contributed by atoms with Crippen molar-refractivity contribution in [1.29, 1.82) is 0 Å². The van der Waals surface area contributed by atoms with Gasteiger partial charge in [-0.15, -0.1) is 5.10 Å². The highest BCUT2D eigenvalue weighted by Gasteiger charge is 2.16. The van der Waals surface area contributed by atoms with Gasteiger partial charge in [-0.3, -0.25) is 4.90 Å². The van der Waals surface area contributed by atoms with Crippen LogP contribution < -0.4 is 10.2 Å². The summed E-state index contributed by atoms with van der Waals surface area (Å²) in [4.78, 5) is 4.53. The highest BCUT2D eigenvalue weighted by molar-refractivity contribution is 5.32. The normalized spacial score (nSPS) is 15.2. The number of anilines is 1. The van der Waals surface area contributed by atoms with Gasteiger partial charge >= 0.3 is 6.01 Å². The van der Waals surface area contributed by atoms with Crippen molar-refractivity contribution in [2.45, 2.75) is 32.5 Å². The lowest BCUT2D eigenvalue weighted by atomic mass is 10.1. The van der Waals surface area contributed by atoms with Gasteiger partial charge in [-0.25, -0.2) is 0 Å². The van der Waals surface area contributed by atoms with Crippen LogP contribution in [-0.4, -0.2) is 42.3 Å². The van der Waals surface area contributed by atoms with Crippen molar-refractivity contribution in [3.8, 4) is 0 Å². The standard InChI is InChI=1S/C17H25N5O/c1-18-11-16-19-20-17(23-16)21(2)12-14-7-3-4-8-15(14)13-22-9-5-6-10-22/h3-4,7-8,18H,5-6,9-13H2,1-2H3. The van der Waals surface area contributed by atoms with Crippen molar-refractivity contribution in [3.63, 3.8) is 0 Å². The fourth-order valence-corrected chi connectivity index (χ4v) is 2.99. The van der Waals surface area contributed by atoms with Gasteiger partial charge in [0.15, 0.2) is 0 Å². The molecule has 1 saturated heterocycles. The molecule has 3 rings (SSSR count). The molecule has 0 atom stereocenters. The van der Waals surface area contributed by atoms with Crippen molar-refractivity contribution < 1.29 is 4.42 Å². The molecule has 124 valence electrons. The molecule has 0 bridgehead atoms. The van der Waals surface area contributed by atoms with Gasteiger partial charge in [-0.1, -0.05) is 29.4 Å². The van der Waals surface area contributed by atoms with E-state index in [2.05, 4.69) is 44.7 Å². The van der Waals surface area contributed by atoms with Crippen molar-refractivity contribution in [1.82, 2.24) is 20.4 Å². The lowest BCUT2D eigenvalue weighted by Crippen LogP contribution is -2.22. The van der Waals surface area contributed by atoms with Crippen LogP contribution in [0.1, 0.15) is 29.9 Å². The first kappa shape index (κ1) is 16.0. The predicted octanol–water partition coefficient (Wildman–Crippen LogP) is 2.02. The number of hydrogen-bond acceptors (Lipinski definition) is 6. The fourth-order valence-electron chi connectivity index (χ4n) is 2.99. The summed E-state index contributed by atoms with van der Waals surface area (Å²) in [5, 5.41) is 11.2. The van der Waals surface area contributed by atoms with E-state index in [1.807, 2.05) is 19.0 Å². The van der Waals surface area contributed by atoms with E-state index in [1.54, 1.807) is 0 Å². The van der Waals surface area contributed by atoms with Crippen molar-refractivity contribution in [2.75, 3.05) is 32.1 Å². The summed E-state index contributed by atoms with van der Waals surface area (Å²) in [6.45, 7) is 4.80. The highest BCUT2D eigenvalue weighted by atomic mass is 16.4. The molecule has 0 saturated carbocycles. The van der Waals surface area contributed by atoms with Gasteiger partial charge in [-0.05, 0) is 44.1 Å². The van der Waals surface area contributed by atoms with Crippen LogP contribution >= 0.6 is 0 Å². The minimum Gasteiger partial charge on any atom is -0.407 e. The molecule has 2 heterocycles. The van der Waals surface area contributed by atoms with Crippen molar-refractivity contribution in [2.24, 2.45) is 0 Å². The Morgan fingerprint density at radius 1 is 1.17 bits per heavy atom. The first-order chi connectivity index (χ1) is 11.3. The number of hydrogen-bond donors (Lipinski definition) is 1. The average molecular weight is 315 g/mol. The molecule has 0 spiro atoms. The Morgan fingerprint density at radius 2 is 1.91 bits per heavy atom. The Kier molecular flexibility index (Phi) is 5.25. The second kappa shape index (κ2) is 7.57. The molecule has 6 nitrogen and oxygen atoms in total. The Balaban J connectivity index is 1.68. The summed E-state index contributed by atoms with van der Waals surface area (Å²) < 4.78 is 5.66. The maximum Gasteiger partial charge on any atom is 0.318 e. The quantitative estimate of drug-likeness (QED) is 0.843. The summed E-state index contributed by atoms with van der Waals surface area (Å²) in [6.07, 6.45) is 2.64. The van der Waals surface area contributed by atoms with Gasteiger partial charge in [-0.2, -0.15) is 0 Å². The van der Waals surface area contributed by atoms with Crippen LogP contribution in [0.5, 0.6) is 0 Å². The van der Waals surface area contributed by atoms with Crippen LogP contribution in [0, 0.1) is 0 Å². The second-order valence-corrected chi connectivity index (χ2v) is 6.12. The molecule has 1 aromatic heterocycles. The van der Waals surface area contributed by atoms with E-state index in [1.165, 1.54) is 37.1 Å². The third-order valence-electron chi connectivity index (χ3n) is 4.23. The SMILES string of the molecule is CNCc1nnc(N(C)Cc2ccccc2CN2CCCC2)o1. The first-order valence-electron chi connectivity index (χ1n) is 8.23. The maximum atomic E-state index is 5.66. The van der Waals surface area contributed by atoms with E-state index in [0.717, 1.165) is 13.1 Å². The van der Waals surface area contributed by atoms with Crippen LogP contribution in [0.4, 0.5) is 6.01 Å². The molecule has 1 aliphatic rings. The minimum atomic E-state index is 0.561. The molecular formula is C17H25N5O. The van der Waals surface area contributed by atoms with E-state index < -0.39 is 0 Å². The Labute approximate surface area is 137 Å². The summed E-state index contributed by atoms with van der Waals surface area (Å²) in [7, 11) is 3.85. The van der Waals surface area contributed by atoms with E-state index >= 15 is 0 Å². The number of aromatic nitrogens is 2. The maximum absolute atomic E-state index is 5.66. The van der Waals surface area contributed by atoms with Gasteiger partial charge < -0.3 is 14.6 Å². The van der Waals surface area contributed by atoms with Crippen LogP contribution in [0.2, 0.25) is 0 Å².